The number of hydrogen-bond acceptors (Lipinski definition) is 3. The van der Waals surface area contributed by atoms with Crippen LogP contribution >= 0.6 is 15.9 Å². The van der Waals surface area contributed by atoms with Gasteiger partial charge in [0, 0.05) is 23.5 Å². The third-order valence-corrected chi connectivity index (χ3v) is 4.68. The zero-order valence-corrected chi connectivity index (χ0v) is 12.9. The highest BCUT2D eigenvalue weighted by Gasteiger charge is 2.26. The number of ether oxygens (including phenoxy) is 2. The molecular weight excluding hydrogens is 322 g/mol. The summed E-state index contributed by atoms with van der Waals surface area (Å²) >= 11 is 3.54. The lowest BCUT2D eigenvalue weighted by atomic mass is 10.1. The van der Waals surface area contributed by atoms with E-state index in [4.69, 9.17) is 9.47 Å². The highest BCUT2D eigenvalue weighted by Crippen LogP contribution is 2.33. The highest BCUT2D eigenvalue weighted by atomic mass is 79.9. The molecule has 0 N–H and O–H groups in total. The summed E-state index contributed by atoms with van der Waals surface area (Å²) in [6.45, 7) is 1.07. The Balaban J connectivity index is 1.83. The fourth-order valence-electron chi connectivity index (χ4n) is 2.80. The lowest BCUT2D eigenvalue weighted by molar-refractivity contribution is 0.0702. The minimum Gasteiger partial charge on any atom is -0.454 e. The summed E-state index contributed by atoms with van der Waals surface area (Å²) in [5.41, 5.74) is 0.683. The quantitative estimate of drug-likeness (QED) is 0.776. The van der Waals surface area contributed by atoms with Gasteiger partial charge >= 0.3 is 0 Å². The summed E-state index contributed by atoms with van der Waals surface area (Å²) in [6.07, 6.45) is 4.55. The van der Waals surface area contributed by atoms with Crippen LogP contribution in [0.3, 0.4) is 0 Å². The Labute approximate surface area is 127 Å². The molecule has 108 valence electrons. The van der Waals surface area contributed by atoms with Gasteiger partial charge in [0.05, 0.1) is 0 Å². The van der Waals surface area contributed by atoms with Gasteiger partial charge in [0.25, 0.3) is 5.91 Å². The molecule has 0 aromatic heterocycles. The molecule has 1 aromatic rings. The average Bonchev–Trinajstić information content (AvgIpc) is 2.81. The zero-order valence-electron chi connectivity index (χ0n) is 11.3. The van der Waals surface area contributed by atoms with Crippen LogP contribution in [-0.2, 0) is 0 Å². The average molecular weight is 340 g/mol. The molecule has 4 nitrogen and oxygen atoms in total. The molecule has 1 aromatic carbocycles. The largest absolute Gasteiger partial charge is 0.454 e. The Hall–Kier alpha value is -1.23. The van der Waals surface area contributed by atoms with Crippen molar-refractivity contribution in [3.63, 3.8) is 0 Å². The molecule has 0 radical (unpaired) electrons. The Bertz CT molecular complexity index is 506. The molecular formula is C15H18BrNO3. The Kier molecular flexibility index (Phi) is 4.15. The van der Waals surface area contributed by atoms with E-state index in [9.17, 15) is 4.79 Å². The van der Waals surface area contributed by atoms with E-state index in [0.29, 0.717) is 11.3 Å². The van der Waals surface area contributed by atoms with Gasteiger partial charge in [0.15, 0.2) is 11.5 Å². The van der Waals surface area contributed by atoms with Crippen LogP contribution in [0.2, 0.25) is 0 Å². The van der Waals surface area contributed by atoms with Crippen molar-refractivity contribution in [2.45, 2.75) is 31.7 Å². The SMILES string of the molecule is O=C(c1ccc2c(c1)OCO2)N1CCCCCC1CBr. The van der Waals surface area contributed by atoms with E-state index >= 15 is 0 Å². The van der Waals surface area contributed by atoms with E-state index in [1.165, 1.54) is 12.8 Å². The van der Waals surface area contributed by atoms with Crippen molar-refractivity contribution in [1.29, 1.82) is 0 Å². The summed E-state index contributed by atoms with van der Waals surface area (Å²) < 4.78 is 10.6. The third-order valence-electron chi connectivity index (χ3n) is 3.94. The number of likely N-dealkylation sites (tertiary alicyclic amines) is 1. The number of amides is 1. The fraction of sp³-hybridized carbons (Fsp3) is 0.533. The van der Waals surface area contributed by atoms with Crippen molar-refractivity contribution in [2.24, 2.45) is 0 Å². The van der Waals surface area contributed by atoms with Crippen molar-refractivity contribution in [3.8, 4) is 11.5 Å². The lowest BCUT2D eigenvalue weighted by Gasteiger charge is -2.28. The number of alkyl halides is 1. The second-order valence-corrected chi connectivity index (χ2v) is 5.87. The second kappa shape index (κ2) is 6.04. The summed E-state index contributed by atoms with van der Waals surface area (Å²) in [7, 11) is 0. The molecule has 2 heterocycles. The molecule has 0 saturated carbocycles. The summed E-state index contributed by atoms with van der Waals surface area (Å²) in [6, 6.07) is 5.72. The Morgan fingerprint density at radius 3 is 2.95 bits per heavy atom. The molecule has 1 saturated heterocycles. The molecule has 1 amide bonds. The van der Waals surface area contributed by atoms with Gasteiger partial charge in [-0.3, -0.25) is 4.79 Å². The first-order valence-electron chi connectivity index (χ1n) is 7.06. The van der Waals surface area contributed by atoms with Gasteiger partial charge in [-0.1, -0.05) is 28.8 Å². The van der Waals surface area contributed by atoms with Crippen LogP contribution in [0, 0.1) is 0 Å². The second-order valence-electron chi connectivity index (χ2n) is 5.22. The van der Waals surface area contributed by atoms with Crippen molar-refractivity contribution >= 4 is 21.8 Å². The fourth-order valence-corrected chi connectivity index (χ4v) is 3.47. The van der Waals surface area contributed by atoms with Crippen LogP contribution < -0.4 is 9.47 Å². The molecule has 0 bridgehead atoms. The highest BCUT2D eigenvalue weighted by molar-refractivity contribution is 9.09. The molecule has 0 spiro atoms. The van der Waals surface area contributed by atoms with Crippen LogP contribution in [0.4, 0.5) is 0 Å². The van der Waals surface area contributed by atoms with Crippen molar-refractivity contribution in [2.75, 3.05) is 18.7 Å². The molecule has 2 aliphatic heterocycles. The molecule has 0 aliphatic carbocycles. The first-order valence-corrected chi connectivity index (χ1v) is 8.18. The van der Waals surface area contributed by atoms with Crippen LogP contribution in [0.25, 0.3) is 0 Å². The standard InChI is InChI=1S/C15H18BrNO3/c16-9-12-4-2-1-3-7-17(12)15(18)11-5-6-13-14(8-11)20-10-19-13/h5-6,8,12H,1-4,7,9-10H2. The number of benzene rings is 1. The number of carbonyl (C=O) groups excluding carboxylic acids is 1. The smallest absolute Gasteiger partial charge is 0.254 e. The first kappa shape index (κ1) is 13.7. The van der Waals surface area contributed by atoms with Crippen molar-refractivity contribution in [3.05, 3.63) is 23.8 Å². The number of carbonyl (C=O) groups is 1. The molecule has 1 unspecified atom stereocenters. The summed E-state index contributed by atoms with van der Waals surface area (Å²) in [4.78, 5) is 14.7. The van der Waals surface area contributed by atoms with Crippen LogP contribution in [0.1, 0.15) is 36.0 Å². The summed E-state index contributed by atoms with van der Waals surface area (Å²) in [5.74, 6) is 1.48. The normalized spacial score (nSPS) is 21.6. The zero-order chi connectivity index (χ0) is 13.9. The Morgan fingerprint density at radius 1 is 1.25 bits per heavy atom. The van der Waals surface area contributed by atoms with E-state index in [1.54, 1.807) is 6.07 Å². The molecule has 20 heavy (non-hydrogen) atoms. The maximum absolute atomic E-state index is 12.7. The van der Waals surface area contributed by atoms with Crippen LogP contribution in [0.5, 0.6) is 11.5 Å². The van der Waals surface area contributed by atoms with Gasteiger partial charge in [-0.05, 0) is 31.0 Å². The van der Waals surface area contributed by atoms with Gasteiger partial charge in [-0.15, -0.1) is 0 Å². The van der Waals surface area contributed by atoms with E-state index in [1.807, 2.05) is 17.0 Å². The third kappa shape index (κ3) is 2.64. The molecule has 1 fully saturated rings. The van der Waals surface area contributed by atoms with Crippen LogP contribution in [-0.4, -0.2) is 35.5 Å². The molecule has 2 aliphatic rings. The summed E-state index contributed by atoms with van der Waals surface area (Å²) in [5, 5.41) is 0.837. The van der Waals surface area contributed by atoms with Gasteiger partial charge in [-0.25, -0.2) is 0 Å². The predicted molar refractivity (Wildman–Crippen MR) is 79.7 cm³/mol. The first-order chi connectivity index (χ1) is 9.79. The van der Waals surface area contributed by atoms with E-state index < -0.39 is 0 Å². The van der Waals surface area contributed by atoms with Crippen molar-refractivity contribution in [1.82, 2.24) is 4.90 Å². The predicted octanol–water partition coefficient (Wildman–Crippen LogP) is 3.20. The number of hydrogen-bond donors (Lipinski definition) is 0. The minimum atomic E-state index is 0.0923. The Morgan fingerprint density at radius 2 is 2.10 bits per heavy atom. The monoisotopic (exact) mass is 339 g/mol. The van der Waals surface area contributed by atoms with Gasteiger partial charge in [-0.2, -0.15) is 0 Å². The maximum atomic E-state index is 12.7. The van der Waals surface area contributed by atoms with E-state index in [-0.39, 0.29) is 18.7 Å². The maximum Gasteiger partial charge on any atom is 0.254 e. The van der Waals surface area contributed by atoms with Gasteiger partial charge < -0.3 is 14.4 Å². The topological polar surface area (TPSA) is 38.8 Å². The number of nitrogens with zero attached hydrogens (tertiary/aromatic N) is 1. The van der Waals surface area contributed by atoms with E-state index in [2.05, 4.69) is 15.9 Å². The number of halogens is 1. The molecule has 3 rings (SSSR count). The number of rotatable bonds is 2. The number of fused-ring (bicyclic) bond motifs is 1. The van der Waals surface area contributed by atoms with Crippen molar-refractivity contribution < 1.29 is 14.3 Å². The lowest BCUT2D eigenvalue weighted by Crippen LogP contribution is -2.41. The van der Waals surface area contributed by atoms with Gasteiger partial charge in [0.2, 0.25) is 6.79 Å². The van der Waals surface area contributed by atoms with Gasteiger partial charge in [0.1, 0.15) is 0 Å². The molecule has 1 atom stereocenters. The minimum absolute atomic E-state index is 0.0923. The van der Waals surface area contributed by atoms with E-state index in [0.717, 1.165) is 30.5 Å². The van der Waals surface area contributed by atoms with Crippen LogP contribution in [0.15, 0.2) is 18.2 Å². The molecule has 5 heteroatoms.